The first-order valence-corrected chi connectivity index (χ1v) is 32.4. The Bertz CT molecular complexity index is 1610. The van der Waals surface area contributed by atoms with Crippen molar-refractivity contribution in [2.24, 2.45) is 0 Å². The van der Waals surface area contributed by atoms with Gasteiger partial charge in [-0.15, -0.1) is 0 Å². The van der Waals surface area contributed by atoms with Gasteiger partial charge < -0.3 is 45.1 Å². The van der Waals surface area contributed by atoms with E-state index in [9.17, 15) is 35.1 Å². The first kappa shape index (κ1) is 73.9. The van der Waals surface area contributed by atoms with Crippen LogP contribution in [0.4, 0.5) is 0 Å². The van der Waals surface area contributed by atoms with E-state index in [1.165, 1.54) is 128 Å². The van der Waals surface area contributed by atoms with Gasteiger partial charge in [-0.05, 0) is 83.5 Å². The molecule has 0 aromatic rings. The van der Waals surface area contributed by atoms with Crippen LogP contribution in [0.15, 0.2) is 85.1 Å². The third kappa shape index (κ3) is 43.2. The lowest BCUT2D eigenvalue weighted by Gasteiger charge is -2.41. The van der Waals surface area contributed by atoms with Gasteiger partial charge in [0.1, 0.15) is 24.4 Å². The van der Waals surface area contributed by atoms with E-state index in [4.69, 9.17) is 14.2 Å². The Hall–Kier alpha value is -3.16. The number of aliphatic hydroxyl groups is 5. The van der Waals surface area contributed by atoms with Gasteiger partial charge in [0.25, 0.3) is 0 Å². The molecule has 1 aliphatic heterocycles. The van der Waals surface area contributed by atoms with E-state index in [1.54, 1.807) is 6.08 Å². The number of carbonyl (C=O) groups excluding carboxylic acids is 2. The first-order valence-electron chi connectivity index (χ1n) is 32.4. The summed E-state index contributed by atoms with van der Waals surface area (Å²) in [5.74, 6) is -1.22. The van der Waals surface area contributed by atoms with Gasteiger partial charge in [0.15, 0.2) is 12.4 Å². The van der Waals surface area contributed by atoms with E-state index in [1.807, 2.05) is 24.3 Å². The van der Waals surface area contributed by atoms with Crippen LogP contribution in [0, 0.1) is 0 Å². The van der Waals surface area contributed by atoms with Gasteiger partial charge in [-0.25, -0.2) is 0 Å². The highest BCUT2D eigenvalue weighted by molar-refractivity contribution is 5.80. The van der Waals surface area contributed by atoms with Gasteiger partial charge >= 0.3 is 5.97 Å². The summed E-state index contributed by atoms with van der Waals surface area (Å²) in [6.07, 6.45) is 62.0. The minimum absolute atomic E-state index is 0.0977. The molecule has 79 heavy (non-hydrogen) atoms. The molecule has 456 valence electrons. The fraction of sp³-hybridized carbons (Fsp3) is 0.765. The highest BCUT2D eigenvalue weighted by Gasteiger charge is 2.47. The van der Waals surface area contributed by atoms with Gasteiger partial charge in [-0.3, -0.25) is 9.59 Å². The third-order valence-electron chi connectivity index (χ3n) is 14.8. The maximum absolute atomic E-state index is 13.5. The van der Waals surface area contributed by atoms with Crippen molar-refractivity contribution in [3.05, 3.63) is 85.1 Å². The molecule has 0 aromatic heterocycles. The quantitative estimate of drug-likeness (QED) is 0.0149. The molecular weight excluding hydrogens is 991 g/mol. The summed E-state index contributed by atoms with van der Waals surface area (Å²) in [4.78, 5) is 26.5. The lowest BCUT2D eigenvalue weighted by Crippen LogP contribution is -2.61. The summed E-state index contributed by atoms with van der Waals surface area (Å²) in [7, 11) is 0. The van der Waals surface area contributed by atoms with Crippen LogP contribution in [-0.2, 0) is 23.8 Å². The van der Waals surface area contributed by atoms with Crippen molar-refractivity contribution < 1.29 is 49.3 Å². The molecule has 0 aliphatic carbocycles. The zero-order valence-corrected chi connectivity index (χ0v) is 50.5. The molecule has 6 N–H and O–H groups in total. The predicted octanol–water partition coefficient (Wildman–Crippen LogP) is 15.7. The normalized spacial score (nSPS) is 19.4. The fourth-order valence-corrected chi connectivity index (χ4v) is 9.72. The van der Waals surface area contributed by atoms with Gasteiger partial charge in [0.2, 0.25) is 5.91 Å². The Morgan fingerprint density at radius 1 is 0.519 bits per heavy atom. The van der Waals surface area contributed by atoms with Crippen LogP contribution < -0.4 is 5.32 Å². The van der Waals surface area contributed by atoms with E-state index < -0.39 is 67.4 Å². The number of nitrogens with one attached hydrogen (secondary N) is 1. The molecule has 1 saturated heterocycles. The fourth-order valence-electron chi connectivity index (χ4n) is 9.72. The van der Waals surface area contributed by atoms with E-state index in [2.05, 4.69) is 80.8 Å². The van der Waals surface area contributed by atoms with Crippen LogP contribution in [0.1, 0.15) is 271 Å². The Kier molecular flexibility index (Phi) is 51.8. The van der Waals surface area contributed by atoms with Crippen LogP contribution in [0.2, 0.25) is 0 Å². The molecule has 0 aromatic carbocycles. The van der Waals surface area contributed by atoms with E-state index >= 15 is 0 Å². The van der Waals surface area contributed by atoms with E-state index in [-0.39, 0.29) is 19.4 Å². The number of rotatable bonds is 54. The number of esters is 1. The van der Waals surface area contributed by atoms with Crippen LogP contribution in [0.25, 0.3) is 0 Å². The largest absolute Gasteiger partial charge is 0.454 e. The van der Waals surface area contributed by atoms with E-state index in [0.29, 0.717) is 12.8 Å². The van der Waals surface area contributed by atoms with Crippen molar-refractivity contribution in [1.82, 2.24) is 5.32 Å². The zero-order valence-electron chi connectivity index (χ0n) is 50.5. The second-order valence-electron chi connectivity index (χ2n) is 22.2. The molecular formula is C68H119NO10. The number of hydrogen-bond acceptors (Lipinski definition) is 10. The van der Waals surface area contributed by atoms with Gasteiger partial charge in [-0.2, -0.15) is 0 Å². The smallest absolute Gasteiger partial charge is 0.306 e. The first-order chi connectivity index (χ1) is 38.7. The molecule has 0 spiro atoms. The van der Waals surface area contributed by atoms with Crippen LogP contribution in [0.3, 0.4) is 0 Å². The Morgan fingerprint density at radius 3 is 1.49 bits per heavy atom. The molecule has 1 amide bonds. The average molecular weight is 1110 g/mol. The molecule has 1 fully saturated rings. The highest BCUT2D eigenvalue weighted by atomic mass is 16.7. The second-order valence-corrected chi connectivity index (χ2v) is 22.2. The van der Waals surface area contributed by atoms with Crippen molar-refractivity contribution in [2.75, 3.05) is 13.2 Å². The molecule has 0 saturated carbocycles. The summed E-state index contributed by atoms with van der Waals surface area (Å²) in [5, 5.41) is 57.0. The summed E-state index contributed by atoms with van der Waals surface area (Å²) >= 11 is 0. The van der Waals surface area contributed by atoms with Crippen molar-refractivity contribution >= 4 is 11.9 Å². The number of hydrogen-bond donors (Lipinski definition) is 6. The number of unbranched alkanes of at least 4 members (excludes halogenated alkanes) is 30. The Balaban J connectivity index is 2.63. The Morgan fingerprint density at radius 2 is 0.962 bits per heavy atom. The number of amides is 1. The SMILES string of the molecule is CC/C=C/C=C/C=C\CCCCCCCC(=O)OC1C(OCC(NC(=O)C(O)CCCCCCCCCCCCC/C=C\C/C=C\C/C=C\CCCCC)C(O)/C=C/CCCCCCCCCCCCC)OC(CO)C(O)C1O. The molecule has 8 atom stereocenters. The molecule has 0 radical (unpaired) electrons. The number of allylic oxidation sites excluding steroid dienone is 13. The molecule has 1 heterocycles. The topological polar surface area (TPSA) is 175 Å². The minimum Gasteiger partial charge on any atom is -0.454 e. The molecule has 1 aliphatic rings. The number of carbonyl (C=O) groups is 2. The average Bonchev–Trinajstić information content (AvgIpc) is 3.49. The number of ether oxygens (including phenoxy) is 3. The molecule has 0 bridgehead atoms. The summed E-state index contributed by atoms with van der Waals surface area (Å²) in [6.45, 7) is 5.62. The lowest BCUT2D eigenvalue weighted by atomic mass is 9.99. The summed E-state index contributed by atoms with van der Waals surface area (Å²) < 4.78 is 17.6. The zero-order chi connectivity index (χ0) is 57.5. The van der Waals surface area contributed by atoms with Crippen LogP contribution in [0.5, 0.6) is 0 Å². The molecule has 11 nitrogen and oxygen atoms in total. The van der Waals surface area contributed by atoms with Gasteiger partial charge in [0, 0.05) is 6.42 Å². The lowest BCUT2D eigenvalue weighted by molar-refractivity contribution is -0.305. The highest BCUT2D eigenvalue weighted by Crippen LogP contribution is 2.26. The van der Waals surface area contributed by atoms with Crippen molar-refractivity contribution in [1.29, 1.82) is 0 Å². The predicted molar refractivity (Wildman–Crippen MR) is 329 cm³/mol. The van der Waals surface area contributed by atoms with Crippen molar-refractivity contribution in [2.45, 2.75) is 320 Å². The van der Waals surface area contributed by atoms with Crippen LogP contribution >= 0.6 is 0 Å². The monoisotopic (exact) mass is 1110 g/mol. The maximum atomic E-state index is 13.5. The van der Waals surface area contributed by atoms with Crippen molar-refractivity contribution in [3.8, 4) is 0 Å². The van der Waals surface area contributed by atoms with Crippen LogP contribution in [-0.4, -0.2) is 99.6 Å². The standard InChI is InChI=1S/C68H119NO10/c1-4-7-10-13-16-19-22-25-26-27-28-29-30-31-32-33-34-35-38-40-43-46-49-52-55-61(72)67(76)69-59(60(71)54-51-48-45-42-39-36-23-20-17-14-11-8-5-2)58-77-68-66(65(75)64(74)62(57-70)78-68)79-63(73)56-53-50-47-44-41-37-24-21-18-15-12-9-6-3/h9,12,15-16,18-19,21,24-26,28-29,51,54,59-62,64-66,68,70-72,74-75H,4-8,10-11,13-14,17,20,22-23,27,30-50,52-53,55-58H2,1-3H3,(H,69,76)/b12-9+,18-15+,19-16-,24-21-,26-25-,29-28-,54-51+. The summed E-state index contributed by atoms with van der Waals surface area (Å²) in [6, 6.07) is -1.03. The van der Waals surface area contributed by atoms with Gasteiger partial charge in [-0.1, -0.05) is 266 Å². The van der Waals surface area contributed by atoms with Crippen molar-refractivity contribution in [3.63, 3.8) is 0 Å². The second kappa shape index (κ2) is 55.4. The third-order valence-corrected chi connectivity index (χ3v) is 14.8. The molecule has 11 heteroatoms. The van der Waals surface area contributed by atoms with E-state index in [0.717, 1.165) is 96.3 Å². The van der Waals surface area contributed by atoms with Gasteiger partial charge in [0.05, 0.1) is 25.4 Å². The summed E-state index contributed by atoms with van der Waals surface area (Å²) in [5.41, 5.74) is 0. The Labute approximate surface area is 483 Å². The minimum atomic E-state index is -1.63. The maximum Gasteiger partial charge on any atom is 0.306 e. The molecule has 1 rings (SSSR count). The molecule has 8 unspecified atom stereocenters. The number of aliphatic hydroxyl groups excluding tert-OH is 5.